The van der Waals surface area contributed by atoms with Gasteiger partial charge in [-0.15, -0.1) is 11.6 Å². The van der Waals surface area contributed by atoms with Gasteiger partial charge in [-0.1, -0.05) is 52.0 Å². The first kappa shape index (κ1) is 13.2. The summed E-state index contributed by atoms with van der Waals surface area (Å²) in [6, 6.07) is 7.82. The van der Waals surface area contributed by atoms with Gasteiger partial charge in [-0.25, -0.2) is 0 Å². The number of alkyl halides is 1. The first-order chi connectivity index (χ1) is 7.38. The van der Waals surface area contributed by atoms with Crippen molar-refractivity contribution in [1.82, 2.24) is 0 Å². The molecule has 0 saturated heterocycles. The van der Waals surface area contributed by atoms with Crippen LogP contribution in [0.15, 0.2) is 24.3 Å². The summed E-state index contributed by atoms with van der Waals surface area (Å²) in [5, 5.41) is 0. The Morgan fingerprint density at radius 2 is 1.75 bits per heavy atom. The Morgan fingerprint density at radius 1 is 1.25 bits per heavy atom. The minimum absolute atomic E-state index is 0.109. The summed E-state index contributed by atoms with van der Waals surface area (Å²) >= 11 is 5.80. The van der Waals surface area contributed by atoms with E-state index in [1.165, 1.54) is 5.56 Å². The van der Waals surface area contributed by atoms with Gasteiger partial charge in [0.25, 0.3) is 0 Å². The van der Waals surface area contributed by atoms with E-state index >= 15 is 0 Å². The molecule has 1 aromatic rings. The van der Waals surface area contributed by atoms with Crippen LogP contribution in [0.5, 0.6) is 0 Å². The van der Waals surface area contributed by atoms with Crippen molar-refractivity contribution in [3.05, 3.63) is 35.4 Å². The molecule has 0 spiro atoms. The molecule has 2 heteroatoms. The molecular formula is C14H19ClO. The average Bonchev–Trinajstić information content (AvgIpc) is 2.28. The van der Waals surface area contributed by atoms with Gasteiger partial charge in [0.15, 0.2) is 5.78 Å². The molecule has 0 radical (unpaired) electrons. The summed E-state index contributed by atoms with van der Waals surface area (Å²) in [4.78, 5) is 12.1. The molecule has 88 valence electrons. The molecule has 0 heterocycles. The third-order valence-electron chi connectivity index (χ3n) is 2.79. The van der Waals surface area contributed by atoms with E-state index in [0.29, 0.717) is 11.8 Å². The van der Waals surface area contributed by atoms with Crippen LogP contribution in [-0.4, -0.2) is 11.7 Å². The lowest BCUT2D eigenvalue weighted by Crippen LogP contribution is -2.26. The van der Waals surface area contributed by atoms with Crippen LogP contribution in [-0.2, 0) is 0 Å². The summed E-state index contributed by atoms with van der Waals surface area (Å²) in [5.74, 6) is 0.945. The summed E-state index contributed by atoms with van der Waals surface area (Å²) in [6.45, 7) is 8.02. The lowest BCUT2D eigenvalue weighted by Gasteiger charge is -2.19. The van der Waals surface area contributed by atoms with Gasteiger partial charge in [0.2, 0.25) is 0 Å². The first-order valence-corrected chi connectivity index (χ1v) is 6.12. The number of rotatable bonds is 4. The maximum atomic E-state index is 12.1. The van der Waals surface area contributed by atoms with E-state index in [1.54, 1.807) is 0 Å². The third kappa shape index (κ3) is 2.85. The lowest BCUT2D eigenvalue weighted by molar-refractivity contribution is 0.0862. The monoisotopic (exact) mass is 238 g/mol. The maximum absolute atomic E-state index is 12.1. The minimum Gasteiger partial charge on any atom is -0.294 e. The lowest BCUT2D eigenvalue weighted by atomic mass is 9.85. The maximum Gasteiger partial charge on any atom is 0.169 e. The number of carbonyl (C=O) groups is 1. The molecule has 1 aromatic carbocycles. The van der Waals surface area contributed by atoms with E-state index in [0.717, 1.165) is 5.56 Å². The van der Waals surface area contributed by atoms with Crippen molar-refractivity contribution in [2.45, 2.75) is 33.6 Å². The number of Topliss-reactive ketones (excluding diaryl/α,β-unsaturated/α-hetero) is 1. The zero-order valence-corrected chi connectivity index (χ0v) is 11.1. The van der Waals surface area contributed by atoms with Gasteiger partial charge in [-0.3, -0.25) is 4.79 Å². The highest BCUT2D eigenvalue weighted by Crippen LogP contribution is 2.24. The van der Waals surface area contributed by atoms with Crippen molar-refractivity contribution in [3.63, 3.8) is 0 Å². The van der Waals surface area contributed by atoms with E-state index < -0.39 is 5.41 Å². The van der Waals surface area contributed by atoms with Crippen LogP contribution in [0, 0.1) is 5.41 Å². The highest BCUT2D eigenvalue weighted by atomic mass is 35.5. The van der Waals surface area contributed by atoms with E-state index in [1.807, 2.05) is 38.1 Å². The van der Waals surface area contributed by atoms with Gasteiger partial charge in [0.1, 0.15) is 0 Å². The number of hydrogen-bond donors (Lipinski definition) is 0. The van der Waals surface area contributed by atoms with Gasteiger partial charge in [-0.05, 0) is 11.5 Å². The highest BCUT2D eigenvalue weighted by molar-refractivity contribution is 6.20. The second-order valence-corrected chi connectivity index (χ2v) is 5.39. The van der Waals surface area contributed by atoms with Crippen molar-refractivity contribution < 1.29 is 4.79 Å². The molecule has 0 unspecified atom stereocenters. The Hall–Kier alpha value is -0.820. The van der Waals surface area contributed by atoms with Gasteiger partial charge in [-0.2, -0.15) is 0 Å². The highest BCUT2D eigenvalue weighted by Gasteiger charge is 2.27. The number of carbonyl (C=O) groups excluding carboxylic acids is 1. The molecule has 1 rings (SSSR count). The first-order valence-electron chi connectivity index (χ1n) is 5.59. The van der Waals surface area contributed by atoms with Gasteiger partial charge < -0.3 is 0 Å². The molecule has 1 nitrogen and oxygen atoms in total. The van der Waals surface area contributed by atoms with E-state index in [-0.39, 0.29) is 5.78 Å². The van der Waals surface area contributed by atoms with Crippen LogP contribution < -0.4 is 0 Å². The van der Waals surface area contributed by atoms with E-state index in [9.17, 15) is 4.79 Å². The van der Waals surface area contributed by atoms with Crippen LogP contribution in [0.4, 0.5) is 0 Å². The summed E-state index contributed by atoms with van der Waals surface area (Å²) in [7, 11) is 0. The minimum atomic E-state index is -0.485. The van der Waals surface area contributed by atoms with Gasteiger partial charge in [0, 0.05) is 16.9 Å². The standard InChI is InChI=1S/C14H19ClO/c1-10(2)11-5-7-12(8-6-11)13(16)14(3,4)9-15/h5-8,10H,9H2,1-4H3. The molecule has 0 aliphatic heterocycles. The summed E-state index contributed by atoms with van der Waals surface area (Å²) in [5.41, 5.74) is 1.51. The van der Waals surface area contributed by atoms with Crippen LogP contribution >= 0.6 is 11.6 Å². The normalized spacial score (nSPS) is 11.9. The Balaban J connectivity index is 2.94. The number of ketones is 1. The second-order valence-electron chi connectivity index (χ2n) is 5.12. The number of benzene rings is 1. The predicted molar refractivity (Wildman–Crippen MR) is 69.4 cm³/mol. The summed E-state index contributed by atoms with van der Waals surface area (Å²) < 4.78 is 0. The van der Waals surface area contributed by atoms with Crippen LogP contribution in [0.25, 0.3) is 0 Å². The van der Waals surface area contributed by atoms with Crippen molar-refractivity contribution >= 4 is 17.4 Å². The Kier molecular flexibility index (Phi) is 4.15. The molecule has 0 bridgehead atoms. The van der Waals surface area contributed by atoms with Crippen molar-refractivity contribution in [3.8, 4) is 0 Å². The van der Waals surface area contributed by atoms with Gasteiger partial charge in [0.05, 0.1) is 0 Å². The van der Waals surface area contributed by atoms with Crippen molar-refractivity contribution in [2.75, 3.05) is 5.88 Å². The quantitative estimate of drug-likeness (QED) is 0.566. The average molecular weight is 239 g/mol. The van der Waals surface area contributed by atoms with Crippen LogP contribution in [0.2, 0.25) is 0 Å². The zero-order chi connectivity index (χ0) is 12.3. The van der Waals surface area contributed by atoms with E-state index in [4.69, 9.17) is 11.6 Å². The van der Waals surface area contributed by atoms with Crippen LogP contribution in [0.1, 0.15) is 49.5 Å². The fourth-order valence-corrected chi connectivity index (χ4v) is 1.59. The molecule has 0 atom stereocenters. The Labute approximate surface area is 103 Å². The molecule has 0 N–H and O–H groups in total. The zero-order valence-electron chi connectivity index (χ0n) is 10.4. The Bertz CT molecular complexity index is 363. The fraction of sp³-hybridized carbons (Fsp3) is 0.500. The fourth-order valence-electron chi connectivity index (χ4n) is 1.47. The topological polar surface area (TPSA) is 17.1 Å². The molecular weight excluding hydrogens is 220 g/mol. The molecule has 0 saturated carbocycles. The summed E-state index contributed by atoms with van der Waals surface area (Å²) in [6.07, 6.45) is 0. The van der Waals surface area contributed by atoms with Gasteiger partial charge >= 0.3 is 0 Å². The van der Waals surface area contributed by atoms with Crippen molar-refractivity contribution in [2.24, 2.45) is 5.41 Å². The van der Waals surface area contributed by atoms with Crippen molar-refractivity contribution in [1.29, 1.82) is 0 Å². The second kappa shape index (κ2) is 5.01. The molecule has 0 aliphatic rings. The molecule has 0 aliphatic carbocycles. The molecule has 0 fully saturated rings. The SMILES string of the molecule is CC(C)c1ccc(C(=O)C(C)(C)CCl)cc1. The predicted octanol–water partition coefficient (Wildman–Crippen LogP) is 4.26. The smallest absolute Gasteiger partial charge is 0.169 e. The van der Waals surface area contributed by atoms with Crippen LogP contribution in [0.3, 0.4) is 0 Å². The Morgan fingerprint density at radius 3 is 2.12 bits per heavy atom. The molecule has 0 amide bonds. The molecule has 0 aromatic heterocycles. The number of halogens is 1. The third-order valence-corrected chi connectivity index (χ3v) is 3.46. The number of hydrogen-bond acceptors (Lipinski definition) is 1. The largest absolute Gasteiger partial charge is 0.294 e. The molecule has 16 heavy (non-hydrogen) atoms. The van der Waals surface area contributed by atoms with E-state index in [2.05, 4.69) is 13.8 Å².